The Morgan fingerprint density at radius 3 is 2.61 bits per heavy atom. The van der Waals surface area contributed by atoms with Crippen LogP contribution >= 0.6 is 0 Å². The van der Waals surface area contributed by atoms with Gasteiger partial charge in [-0.1, -0.05) is 13.8 Å². The van der Waals surface area contributed by atoms with Gasteiger partial charge >= 0.3 is 0 Å². The van der Waals surface area contributed by atoms with E-state index in [0.717, 1.165) is 31.6 Å². The second kappa shape index (κ2) is 5.78. The molecule has 0 radical (unpaired) electrons. The standard InChI is InChI=1S/C18H26N2O3/c1-12-15-13(21)10-18(2,3)11-14(15)23-16(12)17(22)20-7-5-6-19(4)8-9-20/h5-11H2,1-4H3. The number of nitrogens with zero attached hydrogens (tertiary/aromatic N) is 2. The molecule has 3 rings (SSSR count). The number of likely N-dealkylation sites (N-methyl/N-ethyl adjacent to an activating group) is 1. The van der Waals surface area contributed by atoms with Crippen LogP contribution in [0.2, 0.25) is 0 Å². The van der Waals surface area contributed by atoms with Crippen LogP contribution < -0.4 is 0 Å². The molecule has 1 aromatic heterocycles. The number of hydrogen-bond acceptors (Lipinski definition) is 4. The van der Waals surface area contributed by atoms with E-state index in [2.05, 4.69) is 25.8 Å². The van der Waals surface area contributed by atoms with E-state index >= 15 is 0 Å². The normalized spacial score (nSPS) is 21.9. The van der Waals surface area contributed by atoms with Gasteiger partial charge in [0.1, 0.15) is 5.76 Å². The zero-order valence-electron chi connectivity index (χ0n) is 14.6. The van der Waals surface area contributed by atoms with Gasteiger partial charge in [-0.25, -0.2) is 0 Å². The van der Waals surface area contributed by atoms with Crippen molar-refractivity contribution < 1.29 is 14.0 Å². The molecule has 5 nitrogen and oxygen atoms in total. The quantitative estimate of drug-likeness (QED) is 0.798. The Bertz CT molecular complexity index is 645. The number of carbonyl (C=O) groups is 2. The first-order valence-electron chi connectivity index (χ1n) is 8.42. The monoisotopic (exact) mass is 318 g/mol. The van der Waals surface area contributed by atoms with E-state index in [0.29, 0.717) is 36.5 Å². The molecule has 1 aliphatic heterocycles. The van der Waals surface area contributed by atoms with E-state index in [1.54, 1.807) is 0 Å². The first kappa shape index (κ1) is 16.2. The summed E-state index contributed by atoms with van der Waals surface area (Å²) in [7, 11) is 2.07. The van der Waals surface area contributed by atoms with Crippen molar-refractivity contribution in [2.45, 2.75) is 40.0 Å². The number of carbonyl (C=O) groups excluding carboxylic acids is 2. The molecule has 5 heteroatoms. The van der Waals surface area contributed by atoms with Gasteiger partial charge in [0.05, 0.1) is 5.56 Å². The van der Waals surface area contributed by atoms with E-state index in [4.69, 9.17) is 4.42 Å². The molecule has 23 heavy (non-hydrogen) atoms. The van der Waals surface area contributed by atoms with Crippen molar-refractivity contribution in [1.29, 1.82) is 0 Å². The first-order valence-corrected chi connectivity index (χ1v) is 8.42. The van der Waals surface area contributed by atoms with Gasteiger partial charge < -0.3 is 14.2 Å². The highest BCUT2D eigenvalue weighted by Crippen LogP contribution is 2.38. The highest BCUT2D eigenvalue weighted by molar-refractivity contribution is 6.03. The van der Waals surface area contributed by atoms with Crippen LogP contribution in [0, 0.1) is 12.3 Å². The van der Waals surface area contributed by atoms with Crippen molar-refractivity contribution >= 4 is 11.7 Å². The Hall–Kier alpha value is -1.62. The van der Waals surface area contributed by atoms with Crippen molar-refractivity contribution in [3.63, 3.8) is 0 Å². The summed E-state index contributed by atoms with van der Waals surface area (Å²) in [6, 6.07) is 0. The molecule has 1 aliphatic carbocycles. The summed E-state index contributed by atoms with van der Waals surface area (Å²) in [5.74, 6) is 1.09. The van der Waals surface area contributed by atoms with Crippen LogP contribution in [0.4, 0.5) is 0 Å². The summed E-state index contributed by atoms with van der Waals surface area (Å²) in [5, 5.41) is 0. The zero-order chi connectivity index (χ0) is 16.8. The third kappa shape index (κ3) is 3.07. The fourth-order valence-electron chi connectivity index (χ4n) is 3.68. The molecule has 0 bridgehead atoms. The maximum Gasteiger partial charge on any atom is 0.289 e. The summed E-state index contributed by atoms with van der Waals surface area (Å²) in [5.41, 5.74) is 1.28. The summed E-state index contributed by atoms with van der Waals surface area (Å²) in [6.07, 6.45) is 2.20. The molecule has 0 atom stereocenters. The molecule has 0 unspecified atom stereocenters. The molecule has 2 aliphatic rings. The van der Waals surface area contributed by atoms with E-state index in [1.165, 1.54) is 0 Å². The van der Waals surface area contributed by atoms with E-state index in [9.17, 15) is 9.59 Å². The van der Waals surface area contributed by atoms with Gasteiger partial charge in [-0.15, -0.1) is 0 Å². The van der Waals surface area contributed by atoms with Gasteiger partial charge in [0.2, 0.25) is 0 Å². The highest BCUT2D eigenvalue weighted by atomic mass is 16.4. The molecule has 2 heterocycles. The Morgan fingerprint density at radius 2 is 1.87 bits per heavy atom. The highest BCUT2D eigenvalue weighted by Gasteiger charge is 2.37. The Balaban J connectivity index is 1.89. The number of rotatable bonds is 1. The van der Waals surface area contributed by atoms with Gasteiger partial charge in [-0.3, -0.25) is 9.59 Å². The van der Waals surface area contributed by atoms with E-state index in [1.807, 2.05) is 11.8 Å². The molecule has 1 fully saturated rings. The number of hydrogen-bond donors (Lipinski definition) is 0. The van der Waals surface area contributed by atoms with Crippen LogP contribution in [0.15, 0.2) is 4.42 Å². The Kier molecular flexibility index (Phi) is 4.08. The number of amides is 1. The summed E-state index contributed by atoms with van der Waals surface area (Å²) in [6.45, 7) is 9.31. The Labute approximate surface area is 137 Å². The predicted molar refractivity (Wildman–Crippen MR) is 87.9 cm³/mol. The van der Waals surface area contributed by atoms with E-state index < -0.39 is 0 Å². The molecule has 0 aromatic carbocycles. The van der Waals surface area contributed by atoms with Crippen molar-refractivity contribution in [3.05, 3.63) is 22.6 Å². The minimum atomic E-state index is -0.0972. The molecule has 1 saturated heterocycles. The topological polar surface area (TPSA) is 53.8 Å². The number of ketones is 1. The third-order valence-electron chi connectivity index (χ3n) is 4.98. The lowest BCUT2D eigenvalue weighted by molar-refractivity contribution is 0.0724. The molecule has 1 amide bonds. The molecular weight excluding hydrogens is 292 g/mol. The zero-order valence-corrected chi connectivity index (χ0v) is 14.6. The van der Waals surface area contributed by atoms with Gasteiger partial charge in [0, 0.05) is 38.0 Å². The SMILES string of the molecule is Cc1c(C(=O)N2CCCN(C)CC2)oc2c1C(=O)CC(C)(C)C2. The lowest BCUT2D eigenvalue weighted by Gasteiger charge is -2.27. The Morgan fingerprint density at radius 1 is 1.13 bits per heavy atom. The third-order valence-corrected chi connectivity index (χ3v) is 4.98. The molecule has 0 N–H and O–H groups in total. The van der Waals surface area contributed by atoms with Crippen LogP contribution in [0.5, 0.6) is 0 Å². The predicted octanol–water partition coefficient (Wildman–Crippen LogP) is 2.52. The van der Waals surface area contributed by atoms with Crippen LogP contribution in [0.3, 0.4) is 0 Å². The maximum atomic E-state index is 12.9. The lowest BCUT2D eigenvalue weighted by Crippen LogP contribution is -2.34. The van der Waals surface area contributed by atoms with Crippen molar-refractivity contribution in [1.82, 2.24) is 9.80 Å². The fourth-order valence-corrected chi connectivity index (χ4v) is 3.68. The van der Waals surface area contributed by atoms with E-state index in [-0.39, 0.29) is 17.1 Å². The van der Waals surface area contributed by atoms with Gasteiger partial charge in [0.25, 0.3) is 5.91 Å². The number of Topliss-reactive ketones (excluding diaryl/α,β-unsaturated/α-hetero) is 1. The maximum absolute atomic E-state index is 12.9. The molecule has 126 valence electrons. The van der Waals surface area contributed by atoms with Crippen LogP contribution in [-0.4, -0.2) is 54.7 Å². The van der Waals surface area contributed by atoms with Gasteiger partial charge in [0.15, 0.2) is 11.5 Å². The second-order valence-corrected chi connectivity index (χ2v) is 7.74. The van der Waals surface area contributed by atoms with Crippen LogP contribution in [0.25, 0.3) is 0 Å². The van der Waals surface area contributed by atoms with Crippen LogP contribution in [-0.2, 0) is 6.42 Å². The van der Waals surface area contributed by atoms with Crippen molar-refractivity contribution in [3.8, 4) is 0 Å². The summed E-state index contributed by atoms with van der Waals surface area (Å²) in [4.78, 5) is 29.4. The summed E-state index contributed by atoms with van der Waals surface area (Å²) < 4.78 is 5.90. The minimum Gasteiger partial charge on any atom is -0.455 e. The minimum absolute atomic E-state index is 0.0715. The lowest BCUT2D eigenvalue weighted by atomic mass is 9.76. The van der Waals surface area contributed by atoms with Gasteiger partial charge in [-0.05, 0) is 32.4 Å². The van der Waals surface area contributed by atoms with Crippen LogP contribution in [0.1, 0.15) is 58.9 Å². The molecular formula is C18H26N2O3. The largest absolute Gasteiger partial charge is 0.455 e. The van der Waals surface area contributed by atoms with Crippen molar-refractivity contribution in [2.75, 3.05) is 33.2 Å². The number of furan rings is 1. The average molecular weight is 318 g/mol. The number of fused-ring (bicyclic) bond motifs is 1. The molecule has 0 spiro atoms. The van der Waals surface area contributed by atoms with Gasteiger partial charge in [-0.2, -0.15) is 0 Å². The second-order valence-electron chi connectivity index (χ2n) is 7.74. The fraction of sp³-hybridized carbons (Fsp3) is 0.667. The molecule has 0 saturated carbocycles. The van der Waals surface area contributed by atoms with Crippen molar-refractivity contribution in [2.24, 2.45) is 5.41 Å². The molecule has 1 aromatic rings. The first-order chi connectivity index (χ1) is 10.8. The summed E-state index contributed by atoms with van der Waals surface area (Å²) >= 11 is 0. The average Bonchev–Trinajstić information content (AvgIpc) is 2.63. The smallest absolute Gasteiger partial charge is 0.289 e.